The maximum atomic E-state index is 5.62. The lowest BCUT2D eigenvalue weighted by Crippen LogP contribution is -1.98. The van der Waals surface area contributed by atoms with E-state index in [1.807, 2.05) is 54.6 Å². The van der Waals surface area contributed by atoms with Crippen molar-refractivity contribution in [3.8, 4) is 0 Å². The lowest BCUT2D eigenvalue weighted by atomic mass is 10.3. The number of fused-ring (bicyclic) bond motifs is 1. The largest absolute Gasteiger partial charge is 0.439 e. The van der Waals surface area contributed by atoms with Gasteiger partial charge in [0.2, 0.25) is 5.89 Å². The topological polar surface area (TPSA) is 38.1 Å². The molecule has 0 aliphatic rings. The zero-order valence-electron chi connectivity index (χ0n) is 9.26. The summed E-state index contributed by atoms with van der Waals surface area (Å²) in [5.41, 5.74) is 2.80. The molecule has 0 atom stereocenters. The van der Waals surface area contributed by atoms with E-state index in [1.54, 1.807) is 0 Å². The lowest BCUT2D eigenvalue weighted by Gasteiger charge is -2.01. The summed E-state index contributed by atoms with van der Waals surface area (Å²) in [4.78, 5) is 4.40. The highest BCUT2D eigenvalue weighted by molar-refractivity contribution is 5.72. The van der Waals surface area contributed by atoms with Crippen molar-refractivity contribution >= 4 is 16.8 Å². The van der Waals surface area contributed by atoms with E-state index in [1.165, 1.54) is 0 Å². The summed E-state index contributed by atoms with van der Waals surface area (Å²) in [5.74, 6) is 0.704. The van der Waals surface area contributed by atoms with Crippen LogP contribution in [0, 0.1) is 0 Å². The molecule has 3 aromatic rings. The van der Waals surface area contributed by atoms with Crippen molar-refractivity contribution in [3.05, 3.63) is 60.5 Å². The van der Waals surface area contributed by atoms with E-state index >= 15 is 0 Å². The average Bonchev–Trinajstić information content (AvgIpc) is 2.80. The highest BCUT2D eigenvalue weighted by Gasteiger charge is 2.03. The number of para-hydroxylation sites is 3. The molecule has 2 aromatic carbocycles. The minimum Gasteiger partial charge on any atom is -0.439 e. The van der Waals surface area contributed by atoms with Gasteiger partial charge in [-0.05, 0) is 24.3 Å². The average molecular weight is 224 g/mol. The molecule has 0 spiro atoms. The van der Waals surface area contributed by atoms with Crippen LogP contribution in [0.3, 0.4) is 0 Å². The summed E-state index contributed by atoms with van der Waals surface area (Å²) in [6, 6.07) is 17.8. The Bertz CT molecular complexity index is 583. The van der Waals surface area contributed by atoms with E-state index in [2.05, 4.69) is 10.3 Å². The third-order valence-electron chi connectivity index (χ3n) is 2.56. The molecule has 0 bridgehead atoms. The molecule has 0 fully saturated rings. The maximum absolute atomic E-state index is 5.62. The monoisotopic (exact) mass is 224 g/mol. The van der Waals surface area contributed by atoms with E-state index < -0.39 is 0 Å². The highest BCUT2D eigenvalue weighted by atomic mass is 16.3. The van der Waals surface area contributed by atoms with Gasteiger partial charge in [0.05, 0.1) is 6.54 Å². The Morgan fingerprint density at radius 1 is 0.941 bits per heavy atom. The fourth-order valence-electron chi connectivity index (χ4n) is 1.73. The standard InChI is InChI=1S/C14H12N2O/c1-2-6-11(7-3-1)15-10-14-16-12-8-4-5-9-13(12)17-14/h1-9,15H,10H2. The molecule has 0 saturated heterocycles. The third kappa shape index (κ3) is 2.13. The highest BCUT2D eigenvalue weighted by Crippen LogP contribution is 2.15. The molecule has 3 rings (SSSR count). The number of hydrogen-bond acceptors (Lipinski definition) is 3. The van der Waals surface area contributed by atoms with Gasteiger partial charge in [-0.2, -0.15) is 0 Å². The molecule has 1 N–H and O–H groups in total. The molecule has 84 valence electrons. The van der Waals surface area contributed by atoms with E-state index in [4.69, 9.17) is 4.42 Å². The van der Waals surface area contributed by atoms with Crippen molar-refractivity contribution in [2.45, 2.75) is 6.54 Å². The van der Waals surface area contributed by atoms with Crippen molar-refractivity contribution < 1.29 is 4.42 Å². The number of oxazole rings is 1. The summed E-state index contributed by atoms with van der Waals surface area (Å²) >= 11 is 0. The Labute approximate surface area is 99.1 Å². The number of aromatic nitrogens is 1. The van der Waals surface area contributed by atoms with Crippen molar-refractivity contribution in [1.82, 2.24) is 4.98 Å². The van der Waals surface area contributed by atoms with Crippen LogP contribution in [-0.4, -0.2) is 4.98 Å². The van der Waals surface area contributed by atoms with Gasteiger partial charge in [0.1, 0.15) is 5.52 Å². The smallest absolute Gasteiger partial charge is 0.214 e. The molecule has 1 heterocycles. The first-order valence-corrected chi connectivity index (χ1v) is 5.55. The molecule has 0 aliphatic carbocycles. The summed E-state index contributed by atoms with van der Waals surface area (Å²) < 4.78 is 5.62. The second kappa shape index (κ2) is 4.29. The van der Waals surface area contributed by atoms with Gasteiger partial charge in [-0.3, -0.25) is 0 Å². The normalized spacial score (nSPS) is 10.6. The second-order valence-corrected chi connectivity index (χ2v) is 3.79. The zero-order valence-corrected chi connectivity index (χ0v) is 9.26. The first-order valence-electron chi connectivity index (χ1n) is 5.55. The van der Waals surface area contributed by atoms with Crippen LogP contribution in [0.5, 0.6) is 0 Å². The van der Waals surface area contributed by atoms with Gasteiger partial charge in [-0.15, -0.1) is 0 Å². The van der Waals surface area contributed by atoms with E-state index in [-0.39, 0.29) is 0 Å². The van der Waals surface area contributed by atoms with Gasteiger partial charge in [-0.25, -0.2) is 4.98 Å². The third-order valence-corrected chi connectivity index (χ3v) is 2.56. The number of hydrogen-bond donors (Lipinski definition) is 1. The predicted octanol–water partition coefficient (Wildman–Crippen LogP) is 3.44. The van der Waals surface area contributed by atoms with Crippen LogP contribution in [0.4, 0.5) is 5.69 Å². The van der Waals surface area contributed by atoms with E-state index in [0.29, 0.717) is 12.4 Å². The predicted molar refractivity (Wildman–Crippen MR) is 67.8 cm³/mol. The van der Waals surface area contributed by atoms with Crippen LogP contribution in [0.1, 0.15) is 5.89 Å². The second-order valence-electron chi connectivity index (χ2n) is 3.79. The minimum atomic E-state index is 0.596. The molecular weight excluding hydrogens is 212 g/mol. The van der Waals surface area contributed by atoms with Crippen molar-refractivity contribution in [2.75, 3.05) is 5.32 Å². The van der Waals surface area contributed by atoms with Gasteiger partial charge >= 0.3 is 0 Å². The Kier molecular flexibility index (Phi) is 2.50. The molecule has 17 heavy (non-hydrogen) atoms. The quantitative estimate of drug-likeness (QED) is 0.740. The number of nitrogens with zero attached hydrogens (tertiary/aromatic N) is 1. The molecule has 0 amide bonds. The van der Waals surface area contributed by atoms with Crippen LogP contribution < -0.4 is 5.32 Å². The molecule has 0 unspecified atom stereocenters. The number of anilines is 1. The summed E-state index contributed by atoms with van der Waals surface area (Å²) in [6.45, 7) is 0.596. The summed E-state index contributed by atoms with van der Waals surface area (Å²) in [5, 5.41) is 3.27. The number of benzene rings is 2. The van der Waals surface area contributed by atoms with Crippen molar-refractivity contribution in [3.63, 3.8) is 0 Å². The number of rotatable bonds is 3. The fourth-order valence-corrected chi connectivity index (χ4v) is 1.73. The molecule has 0 radical (unpaired) electrons. The molecule has 3 nitrogen and oxygen atoms in total. The summed E-state index contributed by atoms with van der Waals surface area (Å²) in [7, 11) is 0. The minimum absolute atomic E-state index is 0.596. The van der Waals surface area contributed by atoms with Gasteiger partial charge < -0.3 is 9.73 Å². The lowest BCUT2D eigenvalue weighted by molar-refractivity contribution is 0.540. The van der Waals surface area contributed by atoms with Crippen LogP contribution in [0.15, 0.2) is 59.0 Å². The Balaban J connectivity index is 1.77. The Morgan fingerprint density at radius 3 is 2.53 bits per heavy atom. The molecule has 0 aliphatic heterocycles. The first kappa shape index (κ1) is 9.90. The van der Waals surface area contributed by atoms with Gasteiger partial charge in [0.25, 0.3) is 0 Å². The molecule has 1 aromatic heterocycles. The fraction of sp³-hybridized carbons (Fsp3) is 0.0714. The van der Waals surface area contributed by atoms with Gasteiger partial charge in [0.15, 0.2) is 5.58 Å². The van der Waals surface area contributed by atoms with E-state index in [0.717, 1.165) is 16.8 Å². The van der Waals surface area contributed by atoms with Crippen LogP contribution >= 0.6 is 0 Å². The maximum Gasteiger partial charge on any atom is 0.214 e. The molecular formula is C14H12N2O. The van der Waals surface area contributed by atoms with Crippen molar-refractivity contribution in [1.29, 1.82) is 0 Å². The zero-order chi connectivity index (χ0) is 11.5. The van der Waals surface area contributed by atoms with Crippen LogP contribution in [0.25, 0.3) is 11.1 Å². The first-order chi connectivity index (χ1) is 8.42. The van der Waals surface area contributed by atoms with Crippen LogP contribution in [0.2, 0.25) is 0 Å². The summed E-state index contributed by atoms with van der Waals surface area (Å²) in [6.07, 6.45) is 0. The SMILES string of the molecule is c1ccc(NCc2nc3ccccc3o2)cc1. The molecule has 0 saturated carbocycles. The van der Waals surface area contributed by atoms with Gasteiger partial charge in [-0.1, -0.05) is 30.3 Å². The number of nitrogens with one attached hydrogen (secondary N) is 1. The Hall–Kier alpha value is -2.29. The van der Waals surface area contributed by atoms with Crippen molar-refractivity contribution in [2.24, 2.45) is 0 Å². The van der Waals surface area contributed by atoms with Gasteiger partial charge in [0, 0.05) is 5.69 Å². The Morgan fingerprint density at radius 2 is 1.71 bits per heavy atom. The van der Waals surface area contributed by atoms with E-state index in [9.17, 15) is 0 Å². The van der Waals surface area contributed by atoms with Crippen LogP contribution in [-0.2, 0) is 6.54 Å². The molecule has 3 heteroatoms.